The average molecular weight is 455 g/mol. The highest BCUT2D eigenvalue weighted by atomic mass is 32.2. The lowest BCUT2D eigenvalue weighted by molar-refractivity contribution is 0.0940. The second-order valence-electron chi connectivity index (χ2n) is 7.71. The Morgan fingerprint density at radius 1 is 0.969 bits per heavy atom. The van der Waals surface area contributed by atoms with Crippen molar-refractivity contribution in [2.24, 2.45) is 0 Å². The fourth-order valence-corrected chi connectivity index (χ4v) is 4.26. The summed E-state index contributed by atoms with van der Waals surface area (Å²) in [5.74, 6) is -0.840. The van der Waals surface area contributed by atoms with Crippen molar-refractivity contribution in [3.8, 4) is 0 Å². The van der Waals surface area contributed by atoms with Gasteiger partial charge in [0.15, 0.2) is 0 Å². The van der Waals surface area contributed by atoms with Gasteiger partial charge in [0, 0.05) is 5.56 Å². The van der Waals surface area contributed by atoms with Crippen LogP contribution in [0.25, 0.3) is 0 Å². The molecule has 1 N–H and O–H groups in total. The zero-order chi connectivity index (χ0) is 23.3. The van der Waals surface area contributed by atoms with E-state index >= 15 is 0 Å². The van der Waals surface area contributed by atoms with Crippen LogP contribution in [0, 0.1) is 5.82 Å². The van der Waals surface area contributed by atoms with Crippen molar-refractivity contribution < 1.29 is 17.6 Å². The average Bonchev–Trinajstić information content (AvgIpc) is 2.77. The summed E-state index contributed by atoms with van der Waals surface area (Å²) in [6, 6.07) is 20.3. The summed E-state index contributed by atoms with van der Waals surface area (Å²) in [4.78, 5) is 12.6. The molecular weight excluding hydrogens is 427 g/mol. The first-order valence-electron chi connectivity index (χ1n) is 10.4. The summed E-state index contributed by atoms with van der Waals surface area (Å²) in [5.41, 5.74) is 3.34. The molecule has 0 aromatic heterocycles. The van der Waals surface area contributed by atoms with Crippen LogP contribution >= 0.6 is 0 Å². The first kappa shape index (κ1) is 23.5. The maximum Gasteiger partial charge on any atom is 0.251 e. The van der Waals surface area contributed by atoms with Crippen molar-refractivity contribution in [1.29, 1.82) is 0 Å². The molecule has 7 heteroatoms. The summed E-state index contributed by atoms with van der Waals surface area (Å²) in [6.45, 7) is 3.98. The highest BCUT2D eigenvalue weighted by Crippen LogP contribution is 2.24. The second-order valence-corrected chi connectivity index (χ2v) is 9.62. The molecule has 5 nitrogen and oxygen atoms in total. The Hall–Kier alpha value is -3.19. The van der Waals surface area contributed by atoms with Gasteiger partial charge in [-0.25, -0.2) is 12.8 Å². The van der Waals surface area contributed by atoms with E-state index in [1.807, 2.05) is 19.1 Å². The monoisotopic (exact) mass is 454 g/mol. The summed E-state index contributed by atoms with van der Waals surface area (Å²) >= 11 is 0. The Balaban J connectivity index is 1.71. The highest BCUT2D eigenvalue weighted by molar-refractivity contribution is 7.92. The molecule has 3 rings (SSSR count). The molecule has 0 unspecified atom stereocenters. The van der Waals surface area contributed by atoms with Crippen LogP contribution in [0.4, 0.5) is 10.1 Å². The molecule has 0 saturated carbocycles. The van der Waals surface area contributed by atoms with Gasteiger partial charge in [-0.15, -0.1) is 0 Å². The third kappa shape index (κ3) is 5.73. The smallest absolute Gasteiger partial charge is 0.251 e. The third-order valence-electron chi connectivity index (χ3n) is 5.30. The number of aryl methyl sites for hydroxylation is 1. The zero-order valence-electron chi connectivity index (χ0n) is 18.4. The van der Waals surface area contributed by atoms with Crippen LogP contribution in [0.15, 0.2) is 72.8 Å². The molecule has 0 spiro atoms. The number of sulfonamides is 1. The summed E-state index contributed by atoms with van der Waals surface area (Å²) in [5, 5.41) is 2.97. The highest BCUT2D eigenvalue weighted by Gasteiger charge is 2.21. The number of carbonyl (C=O) groups excluding carboxylic acids is 1. The fraction of sp³-hybridized carbons (Fsp3) is 0.240. The number of nitrogens with zero attached hydrogens (tertiary/aromatic N) is 1. The van der Waals surface area contributed by atoms with E-state index in [1.165, 1.54) is 23.8 Å². The van der Waals surface area contributed by atoms with Gasteiger partial charge in [-0.2, -0.15) is 0 Å². The first-order chi connectivity index (χ1) is 15.2. The van der Waals surface area contributed by atoms with Crippen LogP contribution in [0.3, 0.4) is 0 Å². The van der Waals surface area contributed by atoms with Crippen molar-refractivity contribution in [2.75, 3.05) is 10.6 Å². The van der Waals surface area contributed by atoms with E-state index in [2.05, 4.69) is 24.4 Å². The van der Waals surface area contributed by atoms with Crippen LogP contribution in [0.2, 0.25) is 0 Å². The molecule has 3 aromatic rings. The van der Waals surface area contributed by atoms with Gasteiger partial charge in [0.25, 0.3) is 5.91 Å². The van der Waals surface area contributed by atoms with Gasteiger partial charge in [0.1, 0.15) is 5.82 Å². The molecule has 1 atom stereocenters. The maximum absolute atomic E-state index is 14.2. The molecule has 0 radical (unpaired) electrons. The molecular formula is C25H27FN2O3S. The molecule has 0 heterocycles. The lowest BCUT2D eigenvalue weighted by Crippen LogP contribution is -2.30. The van der Waals surface area contributed by atoms with Gasteiger partial charge in [-0.1, -0.05) is 55.5 Å². The van der Waals surface area contributed by atoms with Gasteiger partial charge >= 0.3 is 0 Å². The van der Waals surface area contributed by atoms with Crippen LogP contribution in [0.1, 0.15) is 46.9 Å². The van der Waals surface area contributed by atoms with Gasteiger partial charge in [-0.05, 0) is 54.3 Å². The van der Waals surface area contributed by atoms with Crippen LogP contribution < -0.4 is 9.62 Å². The minimum Gasteiger partial charge on any atom is -0.346 e. The number of hydrogen-bond donors (Lipinski definition) is 1. The van der Waals surface area contributed by atoms with Gasteiger partial charge < -0.3 is 5.32 Å². The number of anilines is 1. The van der Waals surface area contributed by atoms with E-state index in [-0.39, 0.29) is 24.2 Å². The minimum atomic E-state index is -3.70. The van der Waals surface area contributed by atoms with E-state index in [1.54, 1.807) is 30.3 Å². The van der Waals surface area contributed by atoms with Crippen molar-refractivity contribution in [1.82, 2.24) is 5.32 Å². The van der Waals surface area contributed by atoms with Crippen molar-refractivity contribution in [3.63, 3.8) is 0 Å². The number of halogens is 1. The number of carbonyl (C=O) groups is 1. The standard InChI is InChI=1S/C25H27FN2O3S/c1-4-19-9-13-21(14-10-19)18(2)27-25(29)22-15-11-20(12-16-22)17-28(32(3,30)31)24-8-6-5-7-23(24)26/h5-16,18H,4,17H2,1-3H3,(H,27,29)/t18-/m0/s1. The zero-order valence-corrected chi connectivity index (χ0v) is 19.2. The summed E-state index contributed by atoms with van der Waals surface area (Å²) in [7, 11) is -3.70. The van der Waals surface area contributed by atoms with E-state index in [0.29, 0.717) is 11.1 Å². The molecule has 0 bridgehead atoms. The first-order valence-corrected chi connectivity index (χ1v) is 12.2. The quantitative estimate of drug-likeness (QED) is 0.529. The largest absolute Gasteiger partial charge is 0.346 e. The van der Waals surface area contributed by atoms with Crippen LogP contribution in [0.5, 0.6) is 0 Å². The molecule has 32 heavy (non-hydrogen) atoms. The predicted octanol–water partition coefficient (Wildman–Crippen LogP) is 4.85. The van der Waals surface area contributed by atoms with Crippen LogP contribution in [-0.2, 0) is 23.0 Å². The number of para-hydroxylation sites is 1. The minimum absolute atomic E-state index is 0.0141. The molecule has 0 aliphatic rings. The van der Waals surface area contributed by atoms with Crippen molar-refractivity contribution in [3.05, 3.63) is 101 Å². The predicted molar refractivity (Wildman–Crippen MR) is 126 cm³/mol. The lowest BCUT2D eigenvalue weighted by Gasteiger charge is -2.23. The normalized spacial score (nSPS) is 12.2. The number of amides is 1. The molecule has 1 amide bonds. The van der Waals surface area contributed by atoms with E-state index in [4.69, 9.17) is 0 Å². The molecule has 168 valence electrons. The molecule has 0 aliphatic carbocycles. The third-order valence-corrected chi connectivity index (χ3v) is 6.43. The number of hydrogen-bond acceptors (Lipinski definition) is 3. The topological polar surface area (TPSA) is 66.5 Å². The SMILES string of the molecule is CCc1ccc([C@H](C)NC(=O)c2ccc(CN(c3ccccc3F)S(C)(=O)=O)cc2)cc1. The van der Waals surface area contributed by atoms with E-state index in [9.17, 15) is 17.6 Å². The molecule has 3 aromatic carbocycles. The number of rotatable bonds is 8. The molecule has 0 aliphatic heterocycles. The molecule has 0 saturated heterocycles. The summed E-state index contributed by atoms with van der Waals surface area (Å²) < 4.78 is 39.7. The number of benzene rings is 3. The maximum atomic E-state index is 14.2. The van der Waals surface area contributed by atoms with Crippen molar-refractivity contribution >= 4 is 21.6 Å². The summed E-state index contributed by atoms with van der Waals surface area (Å²) in [6.07, 6.45) is 2.00. The fourth-order valence-electron chi connectivity index (χ4n) is 3.37. The van der Waals surface area contributed by atoms with E-state index < -0.39 is 15.8 Å². The Bertz CT molecular complexity index is 1180. The molecule has 0 fully saturated rings. The van der Waals surface area contributed by atoms with Gasteiger partial charge in [-0.3, -0.25) is 9.10 Å². The number of nitrogens with one attached hydrogen (secondary N) is 1. The van der Waals surface area contributed by atoms with Gasteiger partial charge in [0.05, 0.1) is 24.5 Å². The Morgan fingerprint density at radius 3 is 2.12 bits per heavy atom. The Labute approximate surface area is 188 Å². The van der Waals surface area contributed by atoms with Crippen molar-refractivity contribution in [2.45, 2.75) is 32.9 Å². The van der Waals surface area contributed by atoms with E-state index in [0.717, 1.165) is 22.5 Å². The Morgan fingerprint density at radius 2 is 1.56 bits per heavy atom. The van der Waals surface area contributed by atoms with Gasteiger partial charge in [0.2, 0.25) is 10.0 Å². The second kappa shape index (κ2) is 9.96. The van der Waals surface area contributed by atoms with Crippen LogP contribution in [-0.4, -0.2) is 20.6 Å². The Kier molecular flexibility index (Phi) is 7.30. The lowest BCUT2D eigenvalue weighted by atomic mass is 10.0.